The van der Waals surface area contributed by atoms with Gasteiger partial charge in [-0.15, -0.1) is 0 Å². The van der Waals surface area contributed by atoms with Crippen LogP contribution in [-0.2, 0) is 11.0 Å². The molecule has 0 aliphatic heterocycles. The summed E-state index contributed by atoms with van der Waals surface area (Å²) in [5, 5.41) is -0.0489. The first kappa shape index (κ1) is 19.5. The molecule has 3 rings (SSSR count). The number of methoxy groups -OCH3 is 1. The van der Waals surface area contributed by atoms with E-state index in [1.807, 2.05) is 0 Å². The van der Waals surface area contributed by atoms with E-state index in [4.69, 9.17) is 13.9 Å². The predicted octanol–water partition coefficient (Wildman–Crippen LogP) is 4.72. The van der Waals surface area contributed by atoms with Crippen molar-refractivity contribution >= 4 is 16.9 Å². The van der Waals surface area contributed by atoms with Crippen molar-refractivity contribution in [1.82, 2.24) is 0 Å². The number of carbonyl (C=O) groups is 1. The number of esters is 1. The number of rotatable bonds is 3. The molecule has 0 atom stereocenters. The van der Waals surface area contributed by atoms with Crippen molar-refractivity contribution in [3.63, 3.8) is 0 Å². The van der Waals surface area contributed by atoms with Gasteiger partial charge in [0.05, 0.1) is 18.1 Å². The van der Waals surface area contributed by atoms with Crippen LogP contribution in [0.15, 0.2) is 45.6 Å². The summed E-state index contributed by atoms with van der Waals surface area (Å²) in [6.45, 7) is 2.57. The lowest BCUT2D eigenvalue weighted by molar-refractivity contribution is -0.152. The summed E-state index contributed by atoms with van der Waals surface area (Å²) >= 11 is 0. The van der Waals surface area contributed by atoms with Crippen LogP contribution in [0.25, 0.3) is 22.1 Å². The molecule has 0 N–H and O–H groups in total. The van der Waals surface area contributed by atoms with Crippen molar-refractivity contribution in [1.29, 1.82) is 0 Å². The number of aryl methyl sites for hydroxylation is 1. The zero-order valence-electron chi connectivity index (χ0n) is 15.1. The molecule has 2 aromatic carbocycles. The van der Waals surface area contributed by atoms with Crippen LogP contribution < -0.4 is 14.9 Å². The standard InChI is InChI=1S/C20H15F3O5/c1-10-15(27-11(2)24)9-8-14-17(25)16(12-4-6-13(26-3)7-5-12)19(20(21,22)23)28-18(10)14/h4-9H,1-3H3. The fraction of sp³-hybridized carbons (Fsp3) is 0.200. The van der Waals surface area contributed by atoms with Crippen LogP contribution in [0, 0.1) is 6.92 Å². The van der Waals surface area contributed by atoms with Crippen LogP contribution in [0.2, 0.25) is 0 Å². The SMILES string of the molecule is COc1ccc(-c2c(C(F)(F)F)oc3c(C)c(OC(C)=O)ccc3c2=O)cc1. The zero-order chi connectivity index (χ0) is 20.6. The Balaban J connectivity index is 2.36. The maximum absolute atomic E-state index is 13.7. The van der Waals surface area contributed by atoms with Gasteiger partial charge in [0.25, 0.3) is 0 Å². The van der Waals surface area contributed by atoms with E-state index >= 15 is 0 Å². The maximum atomic E-state index is 13.7. The molecule has 28 heavy (non-hydrogen) atoms. The van der Waals surface area contributed by atoms with Crippen molar-refractivity contribution < 1.29 is 31.9 Å². The van der Waals surface area contributed by atoms with Gasteiger partial charge < -0.3 is 13.9 Å². The first-order valence-electron chi connectivity index (χ1n) is 8.14. The molecular weight excluding hydrogens is 377 g/mol. The molecule has 0 aliphatic rings. The van der Waals surface area contributed by atoms with Crippen molar-refractivity contribution in [2.24, 2.45) is 0 Å². The highest BCUT2D eigenvalue weighted by Gasteiger charge is 2.39. The van der Waals surface area contributed by atoms with Crippen molar-refractivity contribution in [3.8, 4) is 22.6 Å². The molecule has 1 heterocycles. The minimum atomic E-state index is -4.91. The quantitative estimate of drug-likeness (QED) is 0.477. The molecule has 0 radical (unpaired) electrons. The molecule has 0 amide bonds. The van der Waals surface area contributed by atoms with E-state index in [9.17, 15) is 22.8 Å². The van der Waals surface area contributed by atoms with E-state index < -0.39 is 28.9 Å². The number of benzene rings is 2. The Morgan fingerprint density at radius 1 is 1.07 bits per heavy atom. The van der Waals surface area contributed by atoms with E-state index in [1.165, 1.54) is 50.4 Å². The summed E-state index contributed by atoms with van der Waals surface area (Å²) in [5.41, 5.74) is -1.55. The first-order chi connectivity index (χ1) is 13.1. The predicted molar refractivity (Wildman–Crippen MR) is 95.5 cm³/mol. The van der Waals surface area contributed by atoms with E-state index in [-0.39, 0.29) is 27.8 Å². The van der Waals surface area contributed by atoms with Crippen molar-refractivity contribution in [2.45, 2.75) is 20.0 Å². The molecule has 5 nitrogen and oxygen atoms in total. The normalized spacial score (nSPS) is 11.5. The molecule has 1 aromatic heterocycles. The van der Waals surface area contributed by atoms with E-state index in [0.717, 1.165) is 6.92 Å². The van der Waals surface area contributed by atoms with Crippen LogP contribution >= 0.6 is 0 Å². The number of fused-ring (bicyclic) bond motifs is 1. The lowest BCUT2D eigenvalue weighted by atomic mass is 10.0. The molecule has 0 fully saturated rings. The highest BCUT2D eigenvalue weighted by molar-refractivity contribution is 5.87. The molecule has 0 spiro atoms. The average Bonchev–Trinajstić information content (AvgIpc) is 2.63. The second-order valence-corrected chi connectivity index (χ2v) is 6.02. The smallest absolute Gasteiger partial charge is 0.450 e. The molecule has 0 aliphatic carbocycles. The van der Waals surface area contributed by atoms with E-state index in [2.05, 4.69) is 0 Å². The van der Waals surface area contributed by atoms with Crippen molar-refractivity contribution in [3.05, 3.63) is 57.9 Å². The van der Waals surface area contributed by atoms with Crippen LogP contribution in [0.5, 0.6) is 11.5 Å². The molecule has 0 saturated heterocycles. The highest BCUT2D eigenvalue weighted by Crippen LogP contribution is 2.39. The number of halogens is 3. The summed E-state index contributed by atoms with van der Waals surface area (Å²) in [5.74, 6) is -1.60. The summed E-state index contributed by atoms with van der Waals surface area (Å²) in [6.07, 6.45) is -4.91. The second kappa shape index (κ2) is 7.03. The average molecular weight is 392 g/mol. The fourth-order valence-corrected chi connectivity index (χ4v) is 2.86. The minimum Gasteiger partial charge on any atom is -0.497 e. The molecular formula is C20H15F3O5. The van der Waals surface area contributed by atoms with Crippen LogP contribution in [0.4, 0.5) is 13.2 Å². The Morgan fingerprint density at radius 2 is 1.71 bits per heavy atom. The number of hydrogen-bond acceptors (Lipinski definition) is 5. The van der Waals surface area contributed by atoms with E-state index in [1.54, 1.807) is 0 Å². The second-order valence-electron chi connectivity index (χ2n) is 6.02. The Morgan fingerprint density at radius 3 is 2.25 bits per heavy atom. The zero-order valence-corrected chi connectivity index (χ0v) is 15.1. The van der Waals surface area contributed by atoms with Gasteiger partial charge in [-0.3, -0.25) is 9.59 Å². The maximum Gasteiger partial charge on any atom is 0.450 e. The van der Waals surface area contributed by atoms with Gasteiger partial charge in [0, 0.05) is 12.5 Å². The summed E-state index contributed by atoms with van der Waals surface area (Å²) < 4.78 is 56.2. The van der Waals surface area contributed by atoms with E-state index in [0.29, 0.717) is 5.75 Å². The molecule has 8 heteroatoms. The number of carbonyl (C=O) groups excluding carboxylic acids is 1. The van der Waals surface area contributed by atoms with Crippen LogP contribution in [-0.4, -0.2) is 13.1 Å². The number of alkyl halides is 3. The Bertz CT molecular complexity index is 1110. The molecule has 0 bridgehead atoms. The molecule has 0 unspecified atom stereocenters. The molecule has 3 aromatic rings. The molecule has 0 saturated carbocycles. The van der Waals surface area contributed by atoms with Gasteiger partial charge >= 0.3 is 12.1 Å². The largest absolute Gasteiger partial charge is 0.497 e. The monoisotopic (exact) mass is 392 g/mol. The number of ether oxygens (including phenoxy) is 2. The van der Waals surface area contributed by atoms with Gasteiger partial charge in [0.15, 0.2) is 0 Å². The van der Waals surface area contributed by atoms with Crippen LogP contribution in [0.3, 0.4) is 0 Å². The lowest BCUT2D eigenvalue weighted by Gasteiger charge is -2.15. The van der Waals surface area contributed by atoms with Crippen molar-refractivity contribution in [2.75, 3.05) is 7.11 Å². The lowest BCUT2D eigenvalue weighted by Crippen LogP contribution is -2.16. The van der Waals surface area contributed by atoms with Crippen LogP contribution in [0.1, 0.15) is 18.2 Å². The summed E-state index contributed by atoms with van der Waals surface area (Å²) in [4.78, 5) is 24.1. The minimum absolute atomic E-state index is 0.0217. The highest BCUT2D eigenvalue weighted by atomic mass is 19.4. The van der Waals surface area contributed by atoms with Gasteiger partial charge in [0.1, 0.15) is 17.1 Å². The Labute approximate surface area is 157 Å². The topological polar surface area (TPSA) is 65.7 Å². The summed E-state index contributed by atoms with van der Waals surface area (Å²) in [6, 6.07) is 8.24. The third-order valence-electron chi connectivity index (χ3n) is 4.15. The third-order valence-corrected chi connectivity index (χ3v) is 4.15. The Hall–Kier alpha value is -3.29. The number of hydrogen-bond donors (Lipinski definition) is 0. The third kappa shape index (κ3) is 3.45. The summed E-state index contributed by atoms with van der Waals surface area (Å²) in [7, 11) is 1.42. The Kier molecular flexibility index (Phi) is 4.89. The first-order valence-corrected chi connectivity index (χ1v) is 8.14. The fourth-order valence-electron chi connectivity index (χ4n) is 2.86. The van der Waals surface area contributed by atoms with Gasteiger partial charge in [-0.05, 0) is 36.8 Å². The van der Waals surface area contributed by atoms with Gasteiger partial charge in [-0.1, -0.05) is 12.1 Å². The van der Waals surface area contributed by atoms with Gasteiger partial charge in [-0.2, -0.15) is 13.2 Å². The van der Waals surface area contributed by atoms with Gasteiger partial charge in [-0.25, -0.2) is 0 Å². The van der Waals surface area contributed by atoms with Gasteiger partial charge in [0.2, 0.25) is 11.2 Å². The molecule has 146 valence electrons.